The summed E-state index contributed by atoms with van der Waals surface area (Å²) >= 11 is 0. The fourth-order valence-corrected chi connectivity index (χ4v) is 4.69. The standard InChI is InChI=1S/C31H32N4O6/c1-19(2)26(30(39)40)34-27(36)24(17-20-11-5-3-6-12-20)32-28(37)25(18-21-13-7-4-8-14-21)35-29(38)22-15-9-10-16-23(22)33-31(35)41/h3-16,19,24-26H,17-18H2,1-2H3,(H,32,37)(H,33,41)(H,34,36)(H,39,40). The van der Waals surface area contributed by atoms with Crippen molar-refractivity contribution in [2.45, 2.75) is 44.8 Å². The number of nitrogens with one attached hydrogen (secondary N) is 3. The summed E-state index contributed by atoms with van der Waals surface area (Å²) in [4.78, 5) is 68.5. The van der Waals surface area contributed by atoms with Crippen LogP contribution in [0.25, 0.3) is 10.9 Å². The van der Waals surface area contributed by atoms with Gasteiger partial charge in [0, 0.05) is 12.8 Å². The van der Waals surface area contributed by atoms with Crippen LogP contribution in [-0.2, 0) is 27.2 Å². The van der Waals surface area contributed by atoms with Gasteiger partial charge in [-0.2, -0.15) is 0 Å². The second-order valence-corrected chi connectivity index (χ2v) is 10.2. The van der Waals surface area contributed by atoms with Crippen molar-refractivity contribution >= 4 is 28.7 Å². The van der Waals surface area contributed by atoms with Crippen molar-refractivity contribution in [2.24, 2.45) is 5.92 Å². The van der Waals surface area contributed by atoms with E-state index in [2.05, 4.69) is 15.6 Å². The number of amides is 2. The molecule has 0 radical (unpaired) electrons. The number of para-hydroxylation sites is 1. The molecule has 0 aliphatic rings. The average molecular weight is 557 g/mol. The van der Waals surface area contributed by atoms with E-state index in [0.29, 0.717) is 11.1 Å². The van der Waals surface area contributed by atoms with Crippen LogP contribution in [0.2, 0.25) is 0 Å². The molecule has 0 spiro atoms. The van der Waals surface area contributed by atoms with E-state index < -0.39 is 53.1 Å². The Morgan fingerprint density at radius 1 is 0.780 bits per heavy atom. The van der Waals surface area contributed by atoms with Gasteiger partial charge >= 0.3 is 11.7 Å². The molecule has 10 heteroatoms. The topological polar surface area (TPSA) is 150 Å². The molecule has 212 valence electrons. The van der Waals surface area contributed by atoms with E-state index >= 15 is 0 Å². The lowest BCUT2D eigenvalue weighted by atomic mass is 10.0. The lowest BCUT2D eigenvalue weighted by Gasteiger charge is -2.26. The van der Waals surface area contributed by atoms with Crippen LogP contribution in [0.4, 0.5) is 0 Å². The summed E-state index contributed by atoms with van der Waals surface area (Å²) in [7, 11) is 0. The van der Waals surface area contributed by atoms with Gasteiger partial charge in [0.05, 0.1) is 10.9 Å². The van der Waals surface area contributed by atoms with Crippen LogP contribution in [0.5, 0.6) is 0 Å². The largest absolute Gasteiger partial charge is 0.480 e. The maximum Gasteiger partial charge on any atom is 0.329 e. The number of rotatable bonds is 11. The molecule has 4 N–H and O–H groups in total. The van der Waals surface area contributed by atoms with Crippen LogP contribution >= 0.6 is 0 Å². The van der Waals surface area contributed by atoms with E-state index in [-0.39, 0.29) is 18.2 Å². The van der Waals surface area contributed by atoms with Crippen LogP contribution in [0.3, 0.4) is 0 Å². The van der Waals surface area contributed by atoms with Crippen molar-refractivity contribution in [3.05, 3.63) is 117 Å². The zero-order valence-electron chi connectivity index (χ0n) is 22.7. The third kappa shape index (κ3) is 6.96. The second-order valence-electron chi connectivity index (χ2n) is 10.2. The first-order valence-corrected chi connectivity index (χ1v) is 13.3. The quantitative estimate of drug-likeness (QED) is 0.223. The van der Waals surface area contributed by atoms with E-state index in [1.807, 2.05) is 6.07 Å². The molecule has 4 aromatic rings. The Hall–Kier alpha value is -4.99. The molecule has 3 unspecified atom stereocenters. The van der Waals surface area contributed by atoms with Crippen LogP contribution in [0.15, 0.2) is 94.5 Å². The van der Waals surface area contributed by atoms with Gasteiger partial charge in [-0.3, -0.25) is 14.4 Å². The molecule has 0 aliphatic heterocycles. The Morgan fingerprint density at radius 2 is 1.34 bits per heavy atom. The normalized spacial score (nSPS) is 13.3. The lowest BCUT2D eigenvalue weighted by molar-refractivity contribution is -0.143. The molecule has 3 atom stereocenters. The lowest BCUT2D eigenvalue weighted by Crippen LogP contribution is -2.56. The van der Waals surface area contributed by atoms with Gasteiger partial charge in [-0.1, -0.05) is 86.6 Å². The Bertz CT molecular complexity index is 1650. The maximum absolute atomic E-state index is 13.9. The Labute approximate surface area is 236 Å². The molecule has 0 bridgehead atoms. The first kappa shape index (κ1) is 29.0. The SMILES string of the molecule is CC(C)C(NC(=O)C(Cc1ccccc1)NC(=O)C(Cc1ccccc1)n1c(=O)[nH]c2ccccc2c1=O)C(=O)O. The van der Waals surface area contributed by atoms with Gasteiger partial charge in [-0.25, -0.2) is 14.2 Å². The summed E-state index contributed by atoms with van der Waals surface area (Å²) in [6.07, 6.45) is 0.0568. The molecule has 1 aromatic heterocycles. The Balaban J connectivity index is 1.74. The van der Waals surface area contributed by atoms with Crippen LogP contribution in [-0.4, -0.2) is 44.5 Å². The number of benzene rings is 3. The Morgan fingerprint density at radius 3 is 1.93 bits per heavy atom. The second kappa shape index (κ2) is 12.9. The predicted molar refractivity (Wildman–Crippen MR) is 154 cm³/mol. The van der Waals surface area contributed by atoms with Crippen molar-refractivity contribution in [1.29, 1.82) is 0 Å². The Kier molecular flexibility index (Phi) is 9.13. The predicted octanol–water partition coefficient (Wildman–Crippen LogP) is 2.43. The number of aromatic nitrogens is 2. The summed E-state index contributed by atoms with van der Waals surface area (Å²) in [6, 6.07) is 20.7. The van der Waals surface area contributed by atoms with Crippen LogP contribution < -0.4 is 21.9 Å². The number of nitrogens with zero attached hydrogens (tertiary/aromatic N) is 1. The third-order valence-electron chi connectivity index (χ3n) is 6.87. The number of H-pyrrole nitrogens is 1. The van der Waals surface area contributed by atoms with Gasteiger partial charge in [-0.15, -0.1) is 0 Å². The number of aromatic amines is 1. The highest BCUT2D eigenvalue weighted by Crippen LogP contribution is 2.15. The van der Waals surface area contributed by atoms with Gasteiger partial charge in [0.15, 0.2) is 0 Å². The summed E-state index contributed by atoms with van der Waals surface area (Å²) in [5.74, 6) is -3.04. The van der Waals surface area contributed by atoms with Crippen molar-refractivity contribution < 1.29 is 19.5 Å². The number of carbonyl (C=O) groups excluding carboxylic acids is 2. The number of carboxylic acid groups (broad SMARTS) is 1. The summed E-state index contributed by atoms with van der Waals surface area (Å²) in [6.45, 7) is 3.33. The smallest absolute Gasteiger partial charge is 0.329 e. The molecule has 0 fully saturated rings. The molecular formula is C31H32N4O6. The molecule has 0 saturated carbocycles. The van der Waals surface area contributed by atoms with Gasteiger partial charge in [0.25, 0.3) is 5.56 Å². The number of carboxylic acids is 1. The molecule has 2 amide bonds. The summed E-state index contributed by atoms with van der Waals surface area (Å²) in [5, 5.41) is 15.1. The molecule has 0 aliphatic carbocycles. The number of aliphatic carboxylic acids is 1. The van der Waals surface area contributed by atoms with Crippen LogP contribution in [0, 0.1) is 5.92 Å². The van der Waals surface area contributed by atoms with Crippen molar-refractivity contribution in [2.75, 3.05) is 0 Å². The average Bonchev–Trinajstić information content (AvgIpc) is 2.95. The zero-order chi connectivity index (χ0) is 29.5. The fraction of sp³-hybridized carbons (Fsp3) is 0.258. The highest BCUT2D eigenvalue weighted by atomic mass is 16.4. The summed E-state index contributed by atoms with van der Waals surface area (Å²) in [5.41, 5.74) is 0.355. The number of fused-ring (bicyclic) bond motifs is 1. The molecule has 1 heterocycles. The van der Waals surface area contributed by atoms with Gasteiger partial charge in [0.1, 0.15) is 18.1 Å². The van der Waals surface area contributed by atoms with E-state index in [9.17, 15) is 29.1 Å². The van der Waals surface area contributed by atoms with Crippen molar-refractivity contribution in [3.8, 4) is 0 Å². The third-order valence-corrected chi connectivity index (χ3v) is 6.87. The van der Waals surface area contributed by atoms with Gasteiger partial charge in [0.2, 0.25) is 11.8 Å². The van der Waals surface area contributed by atoms with E-state index in [0.717, 1.165) is 10.1 Å². The minimum absolute atomic E-state index is 0.00256. The monoisotopic (exact) mass is 556 g/mol. The minimum Gasteiger partial charge on any atom is -0.480 e. The van der Waals surface area contributed by atoms with Crippen molar-refractivity contribution in [3.63, 3.8) is 0 Å². The number of hydrogen-bond donors (Lipinski definition) is 4. The molecule has 3 aromatic carbocycles. The first-order valence-electron chi connectivity index (χ1n) is 13.3. The molecule has 41 heavy (non-hydrogen) atoms. The van der Waals surface area contributed by atoms with E-state index in [1.54, 1.807) is 92.7 Å². The van der Waals surface area contributed by atoms with E-state index in [4.69, 9.17) is 0 Å². The first-order chi connectivity index (χ1) is 19.7. The molecule has 10 nitrogen and oxygen atoms in total. The highest BCUT2D eigenvalue weighted by Gasteiger charge is 2.32. The number of carbonyl (C=O) groups is 3. The zero-order valence-corrected chi connectivity index (χ0v) is 22.7. The molecule has 0 saturated heterocycles. The minimum atomic E-state index is -1.30. The van der Waals surface area contributed by atoms with Crippen molar-refractivity contribution in [1.82, 2.24) is 20.2 Å². The fourth-order valence-electron chi connectivity index (χ4n) is 4.69. The molecule has 4 rings (SSSR count). The van der Waals surface area contributed by atoms with Crippen LogP contribution in [0.1, 0.15) is 31.0 Å². The van der Waals surface area contributed by atoms with Gasteiger partial charge < -0.3 is 20.7 Å². The summed E-state index contributed by atoms with van der Waals surface area (Å²) < 4.78 is 0.871. The number of hydrogen-bond acceptors (Lipinski definition) is 5. The highest BCUT2D eigenvalue weighted by molar-refractivity contribution is 5.92. The van der Waals surface area contributed by atoms with E-state index in [1.165, 1.54) is 0 Å². The van der Waals surface area contributed by atoms with Gasteiger partial charge in [-0.05, 0) is 29.2 Å². The molecular weight excluding hydrogens is 524 g/mol. The maximum atomic E-state index is 13.9.